The van der Waals surface area contributed by atoms with Gasteiger partial charge in [-0.05, 0) is 12.1 Å². The lowest BCUT2D eigenvalue weighted by atomic mass is 10.3. The molecule has 0 saturated carbocycles. The van der Waals surface area contributed by atoms with Crippen LogP contribution in [0.4, 0.5) is 0 Å². The number of hydrogen-bond donors (Lipinski definition) is 1. The van der Waals surface area contributed by atoms with Crippen molar-refractivity contribution in [3.63, 3.8) is 0 Å². The van der Waals surface area contributed by atoms with Crippen molar-refractivity contribution in [2.45, 2.75) is 4.90 Å². The van der Waals surface area contributed by atoms with E-state index in [1.807, 2.05) is 0 Å². The summed E-state index contributed by atoms with van der Waals surface area (Å²) in [6.45, 7) is 3.32. The lowest BCUT2D eigenvalue weighted by molar-refractivity contribution is 0.260. The van der Waals surface area contributed by atoms with Crippen molar-refractivity contribution in [1.29, 1.82) is 0 Å². The number of benzene rings is 1. The fourth-order valence-electron chi connectivity index (χ4n) is 1.56. The van der Waals surface area contributed by atoms with Crippen LogP contribution in [0.1, 0.15) is 0 Å². The maximum Gasteiger partial charge on any atom is 0.247 e. The Morgan fingerprint density at radius 3 is 2.74 bits per heavy atom. The van der Waals surface area contributed by atoms with Gasteiger partial charge in [-0.25, -0.2) is 8.42 Å². The van der Waals surface area contributed by atoms with E-state index in [2.05, 4.69) is 6.58 Å². The Hall–Kier alpha value is -1.08. The first kappa shape index (κ1) is 16.0. The second-order valence-corrected chi connectivity index (χ2v) is 6.01. The zero-order valence-electron chi connectivity index (χ0n) is 10.5. The molecule has 1 N–H and O–H groups in total. The van der Waals surface area contributed by atoms with Gasteiger partial charge in [0.15, 0.2) is 0 Å². The number of aliphatic hydroxyl groups excluding tert-OH is 1. The van der Waals surface area contributed by atoms with Crippen LogP contribution in [0, 0.1) is 0 Å². The number of hydrogen-bond acceptors (Lipinski definition) is 4. The van der Waals surface area contributed by atoms with Crippen molar-refractivity contribution in [3.05, 3.63) is 35.9 Å². The predicted molar refractivity (Wildman–Crippen MR) is 74.0 cm³/mol. The lowest BCUT2D eigenvalue weighted by Crippen LogP contribution is -2.34. The average Bonchev–Trinajstić information content (AvgIpc) is 2.38. The third-order valence-electron chi connectivity index (χ3n) is 2.43. The molecular formula is C12H16ClNO4S. The standard InChI is InChI=1S/C12H16ClNO4S/c1-3-6-14(7-8-15)19(16,17)12-5-4-10(13)9-11(12)18-2/h3-5,9,15H,1,6-8H2,2H3. The molecule has 1 aromatic rings. The lowest BCUT2D eigenvalue weighted by Gasteiger charge is -2.21. The van der Waals surface area contributed by atoms with Crippen molar-refractivity contribution in [1.82, 2.24) is 4.31 Å². The van der Waals surface area contributed by atoms with E-state index in [-0.39, 0.29) is 30.3 Å². The summed E-state index contributed by atoms with van der Waals surface area (Å²) in [6.07, 6.45) is 1.45. The molecule has 1 aromatic carbocycles. The largest absolute Gasteiger partial charge is 0.495 e. The van der Waals surface area contributed by atoms with Gasteiger partial charge in [-0.2, -0.15) is 4.31 Å². The van der Waals surface area contributed by atoms with E-state index in [0.29, 0.717) is 5.02 Å². The third-order valence-corrected chi connectivity index (χ3v) is 4.57. The third kappa shape index (κ3) is 3.70. The minimum absolute atomic E-state index is 0.00898. The van der Waals surface area contributed by atoms with Gasteiger partial charge in [0.25, 0.3) is 0 Å². The van der Waals surface area contributed by atoms with E-state index in [1.165, 1.54) is 31.4 Å². The van der Waals surface area contributed by atoms with Crippen molar-refractivity contribution in [3.8, 4) is 5.75 Å². The van der Waals surface area contributed by atoms with E-state index in [0.717, 1.165) is 4.31 Å². The fourth-order valence-corrected chi connectivity index (χ4v) is 3.26. The molecule has 19 heavy (non-hydrogen) atoms. The van der Waals surface area contributed by atoms with Crippen LogP contribution in [0.5, 0.6) is 5.75 Å². The van der Waals surface area contributed by atoms with Crippen LogP contribution in [0.2, 0.25) is 5.02 Å². The topological polar surface area (TPSA) is 66.8 Å². The van der Waals surface area contributed by atoms with Crippen molar-refractivity contribution >= 4 is 21.6 Å². The van der Waals surface area contributed by atoms with E-state index in [4.69, 9.17) is 21.4 Å². The highest BCUT2D eigenvalue weighted by Gasteiger charge is 2.26. The molecule has 106 valence electrons. The van der Waals surface area contributed by atoms with E-state index >= 15 is 0 Å². The Kier molecular flexibility index (Phi) is 5.81. The van der Waals surface area contributed by atoms with Gasteiger partial charge >= 0.3 is 0 Å². The van der Waals surface area contributed by atoms with Crippen LogP contribution in [0.3, 0.4) is 0 Å². The van der Waals surface area contributed by atoms with Crippen LogP contribution in [0.25, 0.3) is 0 Å². The molecule has 0 atom stereocenters. The summed E-state index contributed by atoms with van der Waals surface area (Å²) in [5.74, 6) is 0.166. The number of sulfonamides is 1. The van der Waals surface area contributed by atoms with Gasteiger partial charge in [-0.15, -0.1) is 6.58 Å². The van der Waals surface area contributed by atoms with Gasteiger partial charge in [0.2, 0.25) is 10.0 Å². The molecule has 0 radical (unpaired) electrons. The molecule has 0 saturated heterocycles. The first-order valence-electron chi connectivity index (χ1n) is 5.52. The molecule has 0 aliphatic heterocycles. The molecule has 0 aliphatic carbocycles. The van der Waals surface area contributed by atoms with Gasteiger partial charge in [0, 0.05) is 24.2 Å². The normalized spacial score (nSPS) is 11.6. The highest BCUT2D eigenvalue weighted by molar-refractivity contribution is 7.89. The maximum atomic E-state index is 12.4. The summed E-state index contributed by atoms with van der Waals surface area (Å²) in [6, 6.07) is 4.28. The molecule has 0 bridgehead atoms. The quantitative estimate of drug-likeness (QED) is 0.776. The first-order valence-corrected chi connectivity index (χ1v) is 7.34. The Morgan fingerprint density at radius 1 is 1.53 bits per heavy atom. The Balaban J connectivity index is 3.28. The van der Waals surface area contributed by atoms with Crippen molar-refractivity contribution in [2.24, 2.45) is 0 Å². The number of ether oxygens (including phenoxy) is 1. The second-order valence-electron chi connectivity index (χ2n) is 3.67. The monoisotopic (exact) mass is 305 g/mol. The van der Waals surface area contributed by atoms with Crippen molar-refractivity contribution < 1.29 is 18.3 Å². The van der Waals surface area contributed by atoms with Gasteiger partial charge < -0.3 is 9.84 Å². The zero-order valence-corrected chi connectivity index (χ0v) is 12.1. The molecule has 1 rings (SSSR count). The maximum absolute atomic E-state index is 12.4. The summed E-state index contributed by atoms with van der Waals surface area (Å²) in [4.78, 5) is 0.00898. The summed E-state index contributed by atoms with van der Waals surface area (Å²) < 4.78 is 31.1. The van der Waals surface area contributed by atoms with E-state index in [1.54, 1.807) is 0 Å². The zero-order chi connectivity index (χ0) is 14.5. The highest BCUT2D eigenvalue weighted by atomic mass is 35.5. The number of rotatable bonds is 7. The minimum atomic E-state index is -3.77. The van der Waals surface area contributed by atoms with Crippen LogP contribution in [-0.4, -0.2) is 44.6 Å². The highest BCUT2D eigenvalue weighted by Crippen LogP contribution is 2.29. The molecule has 0 spiro atoms. The van der Waals surface area contributed by atoms with Crippen LogP contribution in [0.15, 0.2) is 35.7 Å². The van der Waals surface area contributed by atoms with Gasteiger partial charge in [0.1, 0.15) is 10.6 Å². The Labute approximate surface area is 118 Å². The van der Waals surface area contributed by atoms with Crippen molar-refractivity contribution in [2.75, 3.05) is 26.8 Å². The van der Waals surface area contributed by atoms with E-state index in [9.17, 15) is 8.42 Å². The molecule has 0 unspecified atom stereocenters. The minimum Gasteiger partial charge on any atom is -0.495 e. The predicted octanol–water partition coefficient (Wildman–Crippen LogP) is 1.52. The summed E-state index contributed by atoms with van der Waals surface area (Å²) >= 11 is 5.80. The van der Waals surface area contributed by atoms with E-state index < -0.39 is 10.0 Å². The summed E-state index contributed by atoms with van der Waals surface area (Å²) in [5.41, 5.74) is 0. The van der Waals surface area contributed by atoms with Crippen LogP contribution < -0.4 is 4.74 Å². The number of halogens is 1. The second kappa shape index (κ2) is 6.91. The van der Waals surface area contributed by atoms with Gasteiger partial charge in [-0.1, -0.05) is 17.7 Å². The average molecular weight is 306 g/mol. The molecule has 7 heteroatoms. The Morgan fingerprint density at radius 2 is 2.21 bits per heavy atom. The SMILES string of the molecule is C=CCN(CCO)S(=O)(=O)c1ccc(Cl)cc1OC. The smallest absolute Gasteiger partial charge is 0.247 e. The van der Waals surface area contributed by atoms with Gasteiger partial charge in [-0.3, -0.25) is 0 Å². The molecule has 0 amide bonds. The summed E-state index contributed by atoms with van der Waals surface area (Å²) in [7, 11) is -2.40. The molecule has 0 aliphatic rings. The van der Waals surface area contributed by atoms with Crippen LogP contribution in [-0.2, 0) is 10.0 Å². The fraction of sp³-hybridized carbons (Fsp3) is 0.333. The molecule has 0 heterocycles. The molecular weight excluding hydrogens is 290 g/mol. The number of nitrogens with zero attached hydrogens (tertiary/aromatic N) is 1. The van der Waals surface area contributed by atoms with Gasteiger partial charge in [0.05, 0.1) is 13.7 Å². The number of methoxy groups -OCH3 is 1. The first-order chi connectivity index (χ1) is 8.97. The van der Waals surface area contributed by atoms with Crippen LogP contribution >= 0.6 is 11.6 Å². The number of aliphatic hydroxyl groups is 1. The Bertz CT molecular complexity index is 545. The summed E-state index contributed by atoms with van der Waals surface area (Å²) in [5, 5.41) is 9.33. The molecule has 0 aromatic heterocycles. The molecule has 0 fully saturated rings. The molecule has 5 nitrogen and oxygen atoms in total.